The highest BCUT2D eigenvalue weighted by atomic mass is 32.1. The first-order chi connectivity index (χ1) is 9.81. The van der Waals surface area contributed by atoms with Crippen molar-refractivity contribution in [3.05, 3.63) is 17.0 Å². The molecule has 6 heteroatoms. The fraction of sp³-hybridized carbons (Fsp3) is 0.571. The van der Waals surface area contributed by atoms with Crippen LogP contribution in [0.5, 0.6) is 0 Å². The van der Waals surface area contributed by atoms with Crippen LogP contribution in [0.2, 0.25) is 0 Å². The summed E-state index contributed by atoms with van der Waals surface area (Å²) < 4.78 is 0. The van der Waals surface area contributed by atoms with Crippen molar-refractivity contribution in [2.75, 3.05) is 24.5 Å². The zero-order valence-corrected chi connectivity index (χ0v) is 12.4. The van der Waals surface area contributed by atoms with Gasteiger partial charge in [0.25, 0.3) is 0 Å². The molecule has 2 atom stereocenters. The highest BCUT2D eigenvalue weighted by molar-refractivity contribution is 7.13. The number of nitrogens with one attached hydrogen (secondary N) is 2. The number of aromatic amines is 1. The van der Waals surface area contributed by atoms with E-state index in [0.29, 0.717) is 6.04 Å². The molecule has 2 aromatic rings. The van der Waals surface area contributed by atoms with Crippen molar-refractivity contribution in [3.8, 4) is 10.7 Å². The van der Waals surface area contributed by atoms with Gasteiger partial charge in [0.2, 0.25) is 5.95 Å². The van der Waals surface area contributed by atoms with Gasteiger partial charge in [-0.3, -0.25) is 5.10 Å². The van der Waals surface area contributed by atoms with Crippen molar-refractivity contribution in [3.63, 3.8) is 0 Å². The van der Waals surface area contributed by atoms with E-state index in [1.165, 1.54) is 23.3 Å². The fourth-order valence-corrected chi connectivity index (χ4v) is 4.19. The molecule has 20 heavy (non-hydrogen) atoms. The van der Waals surface area contributed by atoms with Crippen LogP contribution in [0.4, 0.5) is 5.95 Å². The summed E-state index contributed by atoms with van der Waals surface area (Å²) in [6, 6.07) is 2.74. The SMILES string of the molecule is Cc1ccsc1-c1nc(N2CC3CCCNC3C2)n[nH]1. The number of aryl methyl sites for hydroxylation is 1. The largest absolute Gasteiger partial charge is 0.338 e. The van der Waals surface area contributed by atoms with Crippen molar-refractivity contribution in [1.82, 2.24) is 20.5 Å². The van der Waals surface area contributed by atoms with E-state index < -0.39 is 0 Å². The lowest BCUT2D eigenvalue weighted by molar-refractivity contribution is 0.340. The van der Waals surface area contributed by atoms with Gasteiger partial charge in [-0.15, -0.1) is 16.4 Å². The second-order valence-corrected chi connectivity index (χ2v) is 6.70. The predicted octanol–water partition coefficient (Wildman–Crippen LogP) is 2.03. The molecule has 0 spiro atoms. The lowest BCUT2D eigenvalue weighted by atomic mass is 9.94. The van der Waals surface area contributed by atoms with E-state index in [9.17, 15) is 0 Å². The summed E-state index contributed by atoms with van der Waals surface area (Å²) in [6.45, 7) is 5.38. The topological polar surface area (TPSA) is 56.8 Å². The zero-order valence-electron chi connectivity index (χ0n) is 11.6. The smallest absolute Gasteiger partial charge is 0.245 e. The first kappa shape index (κ1) is 12.3. The minimum Gasteiger partial charge on any atom is -0.338 e. The molecule has 2 aliphatic rings. The van der Waals surface area contributed by atoms with E-state index in [-0.39, 0.29) is 0 Å². The van der Waals surface area contributed by atoms with Gasteiger partial charge >= 0.3 is 0 Å². The Morgan fingerprint density at radius 3 is 3.15 bits per heavy atom. The predicted molar refractivity (Wildman–Crippen MR) is 81.2 cm³/mol. The molecule has 2 aliphatic heterocycles. The van der Waals surface area contributed by atoms with Gasteiger partial charge in [0.1, 0.15) is 0 Å². The summed E-state index contributed by atoms with van der Waals surface area (Å²) in [5.74, 6) is 2.51. The van der Waals surface area contributed by atoms with Crippen molar-refractivity contribution < 1.29 is 0 Å². The molecule has 2 aromatic heterocycles. The average Bonchev–Trinajstić information content (AvgIpc) is 3.15. The number of rotatable bonds is 2. The number of thiophene rings is 1. The minimum atomic E-state index is 0.620. The molecule has 0 aliphatic carbocycles. The number of nitrogens with zero attached hydrogens (tertiary/aromatic N) is 3. The van der Waals surface area contributed by atoms with Crippen LogP contribution in [0.25, 0.3) is 10.7 Å². The summed E-state index contributed by atoms with van der Waals surface area (Å²) in [5.41, 5.74) is 1.26. The first-order valence-electron chi connectivity index (χ1n) is 7.26. The Bertz CT molecular complexity index is 590. The molecule has 4 rings (SSSR count). The molecule has 2 saturated heterocycles. The molecular weight excluding hydrogens is 270 g/mol. The van der Waals surface area contributed by atoms with Crippen molar-refractivity contribution in [1.29, 1.82) is 0 Å². The molecule has 2 N–H and O–H groups in total. The van der Waals surface area contributed by atoms with E-state index in [4.69, 9.17) is 4.98 Å². The number of piperidine rings is 1. The summed E-state index contributed by atoms with van der Waals surface area (Å²) in [4.78, 5) is 8.20. The van der Waals surface area contributed by atoms with Crippen LogP contribution in [-0.2, 0) is 0 Å². The molecule has 4 heterocycles. The van der Waals surface area contributed by atoms with Crippen LogP contribution in [0.1, 0.15) is 18.4 Å². The van der Waals surface area contributed by atoms with Crippen LogP contribution in [0.15, 0.2) is 11.4 Å². The number of hydrogen-bond donors (Lipinski definition) is 2. The van der Waals surface area contributed by atoms with Crippen LogP contribution >= 0.6 is 11.3 Å². The maximum atomic E-state index is 4.70. The lowest BCUT2D eigenvalue weighted by Crippen LogP contribution is -2.40. The van der Waals surface area contributed by atoms with Gasteiger partial charge < -0.3 is 10.2 Å². The number of aromatic nitrogens is 3. The number of fused-ring (bicyclic) bond motifs is 1. The first-order valence-corrected chi connectivity index (χ1v) is 8.14. The monoisotopic (exact) mass is 289 g/mol. The Labute approximate surface area is 122 Å². The minimum absolute atomic E-state index is 0.620. The Morgan fingerprint density at radius 1 is 1.40 bits per heavy atom. The summed E-state index contributed by atoms with van der Waals surface area (Å²) in [5, 5.41) is 13.2. The standard InChI is InChI=1S/C14H19N5S/c1-9-4-6-20-12(9)13-16-14(18-17-13)19-7-10-3-2-5-15-11(10)8-19/h4,6,10-11,15H,2-3,5,7-8H2,1H3,(H,16,17,18). The van der Waals surface area contributed by atoms with Crippen molar-refractivity contribution >= 4 is 17.3 Å². The van der Waals surface area contributed by atoms with Crippen LogP contribution in [0, 0.1) is 12.8 Å². The normalized spacial score (nSPS) is 25.9. The lowest BCUT2D eigenvalue weighted by Gasteiger charge is -2.24. The molecule has 2 fully saturated rings. The van der Waals surface area contributed by atoms with Gasteiger partial charge in [0.05, 0.1) is 4.88 Å². The summed E-state index contributed by atoms with van der Waals surface area (Å²) in [6.07, 6.45) is 2.62. The third-order valence-electron chi connectivity index (χ3n) is 4.43. The Morgan fingerprint density at radius 2 is 2.35 bits per heavy atom. The van der Waals surface area contributed by atoms with Crippen LogP contribution in [0.3, 0.4) is 0 Å². The summed E-state index contributed by atoms with van der Waals surface area (Å²) in [7, 11) is 0. The van der Waals surface area contributed by atoms with E-state index in [1.54, 1.807) is 11.3 Å². The number of hydrogen-bond acceptors (Lipinski definition) is 5. The van der Waals surface area contributed by atoms with E-state index in [2.05, 4.69) is 38.8 Å². The third-order valence-corrected chi connectivity index (χ3v) is 5.46. The Balaban J connectivity index is 1.55. The van der Waals surface area contributed by atoms with Crippen molar-refractivity contribution in [2.24, 2.45) is 5.92 Å². The van der Waals surface area contributed by atoms with Gasteiger partial charge in [-0.25, -0.2) is 0 Å². The fourth-order valence-electron chi connectivity index (χ4n) is 3.32. The highest BCUT2D eigenvalue weighted by Gasteiger charge is 2.35. The third kappa shape index (κ3) is 2.03. The Kier molecular flexibility index (Phi) is 3.00. The van der Waals surface area contributed by atoms with Crippen molar-refractivity contribution in [2.45, 2.75) is 25.8 Å². The highest BCUT2D eigenvalue weighted by Crippen LogP contribution is 2.30. The van der Waals surface area contributed by atoms with E-state index >= 15 is 0 Å². The van der Waals surface area contributed by atoms with E-state index in [0.717, 1.165) is 37.3 Å². The van der Waals surface area contributed by atoms with Gasteiger partial charge in [0, 0.05) is 19.1 Å². The second-order valence-electron chi connectivity index (χ2n) is 5.78. The van der Waals surface area contributed by atoms with Gasteiger partial charge in [-0.05, 0) is 49.2 Å². The molecule has 5 nitrogen and oxygen atoms in total. The average molecular weight is 289 g/mol. The van der Waals surface area contributed by atoms with Crippen LogP contribution < -0.4 is 10.2 Å². The quantitative estimate of drug-likeness (QED) is 0.888. The molecule has 0 saturated carbocycles. The summed E-state index contributed by atoms with van der Waals surface area (Å²) >= 11 is 1.71. The van der Waals surface area contributed by atoms with Gasteiger partial charge in [-0.1, -0.05) is 0 Å². The van der Waals surface area contributed by atoms with Crippen LogP contribution in [-0.4, -0.2) is 40.9 Å². The molecular formula is C14H19N5S. The second kappa shape index (κ2) is 4.86. The maximum absolute atomic E-state index is 4.70. The molecule has 0 aromatic carbocycles. The van der Waals surface area contributed by atoms with E-state index in [1.807, 2.05) is 0 Å². The maximum Gasteiger partial charge on any atom is 0.245 e. The molecule has 2 unspecified atom stereocenters. The molecule has 0 radical (unpaired) electrons. The molecule has 0 bridgehead atoms. The van der Waals surface area contributed by atoms with Gasteiger partial charge in [-0.2, -0.15) is 4.98 Å². The van der Waals surface area contributed by atoms with Gasteiger partial charge in [0.15, 0.2) is 5.82 Å². The Hall–Kier alpha value is -1.40. The molecule has 106 valence electrons. The molecule has 0 amide bonds. The number of anilines is 1. The number of H-pyrrole nitrogens is 1. The zero-order chi connectivity index (χ0) is 13.5.